The molecule has 0 saturated carbocycles. The topological polar surface area (TPSA) is 66.9 Å². The van der Waals surface area contributed by atoms with Gasteiger partial charge in [0.25, 0.3) is 0 Å². The Balaban J connectivity index is 1.64. The van der Waals surface area contributed by atoms with Crippen LogP contribution in [0.2, 0.25) is 0 Å². The van der Waals surface area contributed by atoms with E-state index in [1.165, 1.54) is 4.90 Å². The molecule has 2 aromatic rings. The van der Waals surface area contributed by atoms with Crippen LogP contribution in [-0.2, 0) is 14.3 Å². The molecule has 5 rings (SSSR count). The first-order valence-corrected chi connectivity index (χ1v) is 10.9. The molecule has 2 fully saturated rings. The van der Waals surface area contributed by atoms with E-state index in [2.05, 4.69) is 0 Å². The van der Waals surface area contributed by atoms with Crippen molar-refractivity contribution in [1.29, 1.82) is 0 Å². The van der Waals surface area contributed by atoms with Gasteiger partial charge in [0.15, 0.2) is 5.78 Å². The minimum atomic E-state index is -0.734. The Hall–Kier alpha value is -3.25. The summed E-state index contributed by atoms with van der Waals surface area (Å²) < 4.78 is 5.11. The van der Waals surface area contributed by atoms with Crippen molar-refractivity contribution in [1.82, 2.24) is 4.90 Å². The van der Waals surface area contributed by atoms with Crippen LogP contribution in [0, 0.1) is 18.8 Å². The molecule has 164 valence electrons. The van der Waals surface area contributed by atoms with E-state index in [4.69, 9.17) is 4.74 Å². The van der Waals surface area contributed by atoms with Crippen LogP contribution in [0.3, 0.4) is 0 Å². The first kappa shape index (κ1) is 20.6. The number of rotatable bonds is 5. The zero-order chi connectivity index (χ0) is 22.6. The second-order valence-corrected chi connectivity index (χ2v) is 8.81. The van der Waals surface area contributed by atoms with Crippen molar-refractivity contribution < 1.29 is 19.1 Å². The van der Waals surface area contributed by atoms with E-state index in [0.717, 1.165) is 22.4 Å². The zero-order valence-electron chi connectivity index (χ0n) is 18.4. The van der Waals surface area contributed by atoms with Crippen LogP contribution in [0.25, 0.3) is 5.57 Å². The highest BCUT2D eigenvalue weighted by Crippen LogP contribution is 2.50. The van der Waals surface area contributed by atoms with E-state index < -0.39 is 17.9 Å². The third-order valence-electron chi connectivity index (χ3n) is 6.97. The first-order chi connectivity index (χ1) is 15.4. The van der Waals surface area contributed by atoms with Gasteiger partial charge in [-0.3, -0.25) is 19.3 Å². The van der Waals surface area contributed by atoms with Crippen molar-refractivity contribution >= 4 is 28.9 Å². The summed E-state index contributed by atoms with van der Waals surface area (Å²) in [4.78, 5) is 44.1. The van der Waals surface area contributed by atoms with E-state index in [9.17, 15) is 14.4 Å². The maximum atomic E-state index is 13.9. The number of fused-ring (bicyclic) bond motifs is 5. The molecule has 0 aliphatic carbocycles. The van der Waals surface area contributed by atoms with Gasteiger partial charge < -0.3 is 9.64 Å². The number of Topliss-reactive ketones (excluding diaryl/α,β-unsaturated/α-hetero) is 1. The van der Waals surface area contributed by atoms with Crippen molar-refractivity contribution in [3.8, 4) is 0 Å². The molecule has 4 atom stereocenters. The summed E-state index contributed by atoms with van der Waals surface area (Å²) in [5.74, 6) is -1.91. The van der Waals surface area contributed by atoms with E-state index in [1.807, 2.05) is 61.2 Å². The molecule has 2 saturated heterocycles. The Bertz CT molecular complexity index is 1140. The number of hydrogen-bond donors (Lipinski definition) is 0. The number of ketones is 1. The minimum absolute atomic E-state index is 0.125. The predicted octanol–water partition coefficient (Wildman–Crippen LogP) is 3.10. The van der Waals surface area contributed by atoms with Gasteiger partial charge in [0.1, 0.15) is 6.04 Å². The van der Waals surface area contributed by atoms with Crippen LogP contribution in [-0.4, -0.2) is 54.8 Å². The van der Waals surface area contributed by atoms with E-state index in [-0.39, 0.29) is 36.8 Å². The number of aryl methyl sites for hydroxylation is 1. The Labute approximate surface area is 187 Å². The van der Waals surface area contributed by atoms with Crippen molar-refractivity contribution in [3.05, 3.63) is 71.3 Å². The molecule has 0 aromatic heterocycles. The number of para-hydroxylation sites is 1. The number of amides is 2. The lowest BCUT2D eigenvalue weighted by Crippen LogP contribution is -2.49. The van der Waals surface area contributed by atoms with Gasteiger partial charge in [-0.05, 0) is 25.5 Å². The SMILES string of the molecule is COCCN1C(=O)[C@@H]2[C@H](C1=O)[C@H](C(=O)c1ccc(C)cc1)N1c3ccccc3C(C)=C[C@H]21. The van der Waals surface area contributed by atoms with Gasteiger partial charge in [-0.25, -0.2) is 0 Å². The summed E-state index contributed by atoms with van der Waals surface area (Å²) in [6.07, 6.45) is 2.05. The predicted molar refractivity (Wildman–Crippen MR) is 121 cm³/mol. The third-order valence-corrected chi connectivity index (χ3v) is 6.97. The van der Waals surface area contributed by atoms with Crippen molar-refractivity contribution in [2.45, 2.75) is 25.9 Å². The van der Waals surface area contributed by atoms with E-state index >= 15 is 0 Å². The summed E-state index contributed by atoms with van der Waals surface area (Å²) in [5, 5.41) is 0. The molecule has 32 heavy (non-hydrogen) atoms. The maximum absolute atomic E-state index is 13.9. The van der Waals surface area contributed by atoms with Crippen molar-refractivity contribution in [2.75, 3.05) is 25.2 Å². The standard InChI is InChI=1S/C26H26N2O4/c1-15-8-10-17(11-9-15)24(29)23-22-21(25(30)27(26(22)31)12-13-32-3)20-14-16(2)18-6-4-5-7-19(18)28(20)23/h4-11,14,20-23H,12-13H2,1-3H3/t20-,21+,22+,23-/m1/s1. The second kappa shape index (κ2) is 7.71. The molecular formula is C26H26N2O4. The average molecular weight is 431 g/mol. The number of carbonyl (C=O) groups excluding carboxylic acids is 3. The number of allylic oxidation sites excluding steroid dienone is 1. The van der Waals surface area contributed by atoms with E-state index in [1.54, 1.807) is 19.2 Å². The van der Waals surface area contributed by atoms with Gasteiger partial charge in [-0.15, -0.1) is 0 Å². The number of benzene rings is 2. The summed E-state index contributed by atoms with van der Waals surface area (Å²) in [6.45, 7) is 4.47. The highest BCUT2D eigenvalue weighted by molar-refractivity contribution is 6.14. The van der Waals surface area contributed by atoms with Crippen LogP contribution < -0.4 is 4.90 Å². The van der Waals surface area contributed by atoms with Crippen molar-refractivity contribution in [2.24, 2.45) is 11.8 Å². The van der Waals surface area contributed by atoms with E-state index in [0.29, 0.717) is 5.56 Å². The largest absolute Gasteiger partial charge is 0.383 e. The number of nitrogens with zero attached hydrogens (tertiary/aromatic N) is 2. The highest BCUT2D eigenvalue weighted by atomic mass is 16.5. The minimum Gasteiger partial charge on any atom is -0.383 e. The lowest BCUT2D eigenvalue weighted by atomic mass is 9.85. The molecule has 3 heterocycles. The lowest BCUT2D eigenvalue weighted by molar-refractivity contribution is -0.141. The fraction of sp³-hybridized carbons (Fsp3) is 0.346. The van der Waals surface area contributed by atoms with Gasteiger partial charge >= 0.3 is 0 Å². The van der Waals surface area contributed by atoms with Gasteiger partial charge in [0, 0.05) is 23.9 Å². The number of ether oxygens (including phenoxy) is 1. The molecule has 3 aliphatic heterocycles. The van der Waals surface area contributed by atoms with Crippen molar-refractivity contribution in [3.63, 3.8) is 0 Å². The monoisotopic (exact) mass is 430 g/mol. The number of likely N-dealkylation sites (tertiary alicyclic amines) is 1. The molecular weight excluding hydrogens is 404 g/mol. The van der Waals surface area contributed by atoms with Gasteiger partial charge in [-0.2, -0.15) is 0 Å². The molecule has 2 aromatic carbocycles. The Morgan fingerprint density at radius 3 is 2.38 bits per heavy atom. The average Bonchev–Trinajstić information content (AvgIpc) is 3.25. The molecule has 0 N–H and O–H groups in total. The molecule has 2 amide bonds. The Morgan fingerprint density at radius 2 is 1.66 bits per heavy atom. The van der Waals surface area contributed by atoms with Crippen LogP contribution in [0.1, 0.15) is 28.4 Å². The number of anilines is 1. The molecule has 0 spiro atoms. The Kier molecular flexibility index (Phi) is 4.97. The number of hydrogen-bond acceptors (Lipinski definition) is 5. The van der Waals surface area contributed by atoms with Crippen LogP contribution >= 0.6 is 0 Å². The zero-order valence-corrected chi connectivity index (χ0v) is 18.4. The summed E-state index contributed by atoms with van der Waals surface area (Å²) in [6, 6.07) is 14.2. The fourth-order valence-electron chi connectivity index (χ4n) is 5.45. The number of methoxy groups -OCH3 is 1. The fourth-order valence-corrected chi connectivity index (χ4v) is 5.45. The molecule has 6 heteroatoms. The van der Waals surface area contributed by atoms with Gasteiger partial charge in [0.2, 0.25) is 11.8 Å². The molecule has 6 nitrogen and oxygen atoms in total. The molecule has 0 bridgehead atoms. The quantitative estimate of drug-likeness (QED) is 0.539. The summed E-state index contributed by atoms with van der Waals surface area (Å²) >= 11 is 0. The first-order valence-electron chi connectivity index (χ1n) is 10.9. The lowest BCUT2D eigenvalue weighted by Gasteiger charge is -2.38. The second-order valence-electron chi connectivity index (χ2n) is 8.81. The summed E-state index contributed by atoms with van der Waals surface area (Å²) in [7, 11) is 1.54. The molecule has 3 aliphatic rings. The maximum Gasteiger partial charge on any atom is 0.235 e. The van der Waals surface area contributed by atoms with Crippen LogP contribution in [0.15, 0.2) is 54.6 Å². The highest BCUT2D eigenvalue weighted by Gasteiger charge is 2.64. The number of imide groups is 1. The van der Waals surface area contributed by atoms with Gasteiger partial charge in [0.05, 0.1) is 31.0 Å². The summed E-state index contributed by atoms with van der Waals surface area (Å²) in [5.41, 5.74) is 4.60. The molecule has 0 radical (unpaired) electrons. The smallest absolute Gasteiger partial charge is 0.235 e. The molecule has 0 unspecified atom stereocenters. The Morgan fingerprint density at radius 1 is 0.969 bits per heavy atom. The third kappa shape index (κ3) is 2.93. The van der Waals surface area contributed by atoms with Gasteiger partial charge in [-0.1, -0.05) is 54.1 Å². The van der Waals surface area contributed by atoms with Crippen LogP contribution in [0.4, 0.5) is 5.69 Å². The number of carbonyl (C=O) groups is 3. The normalized spacial score (nSPS) is 26.0. The van der Waals surface area contributed by atoms with Crippen LogP contribution in [0.5, 0.6) is 0 Å².